The van der Waals surface area contributed by atoms with Crippen molar-refractivity contribution in [2.24, 2.45) is 11.8 Å². The minimum atomic E-state index is -0.0145. The summed E-state index contributed by atoms with van der Waals surface area (Å²) >= 11 is 1.58. The van der Waals surface area contributed by atoms with E-state index in [-0.39, 0.29) is 24.9 Å². The van der Waals surface area contributed by atoms with Crippen LogP contribution in [0.25, 0.3) is 0 Å². The number of aromatic nitrogens is 1. The minimum absolute atomic E-state index is 0.0145. The highest BCUT2D eigenvalue weighted by molar-refractivity contribution is 7.09. The van der Waals surface area contributed by atoms with Crippen LogP contribution in [0.1, 0.15) is 60.5 Å². The van der Waals surface area contributed by atoms with E-state index in [0.717, 1.165) is 48.6 Å². The van der Waals surface area contributed by atoms with Crippen molar-refractivity contribution in [1.29, 1.82) is 0 Å². The van der Waals surface area contributed by atoms with Gasteiger partial charge in [-0.3, -0.25) is 0 Å². The third kappa shape index (κ3) is 4.57. The standard InChI is InChI=1S/C24H33NO4S/c1-4-5-16-10-18(7-6-15(16)2)28-13-20-19-8-9-21(24-25-17(12-26)14-30-24)29-23(19)11-22(20)27-3/h6-7,10,14,19-23,26H,4-5,8-9,11-13H2,1-3H3/t19-,20-,21-,22+,23+/m1/s1. The lowest BCUT2D eigenvalue weighted by Gasteiger charge is -2.34. The van der Waals surface area contributed by atoms with Crippen LogP contribution in [0, 0.1) is 18.8 Å². The molecule has 30 heavy (non-hydrogen) atoms. The summed E-state index contributed by atoms with van der Waals surface area (Å²) in [6, 6.07) is 6.44. The zero-order chi connectivity index (χ0) is 21.1. The summed E-state index contributed by atoms with van der Waals surface area (Å²) < 4.78 is 18.6. The molecule has 5 nitrogen and oxygen atoms in total. The number of benzene rings is 1. The number of aliphatic hydroxyl groups excluding tert-OH is 1. The van der Waals surface area contributed by atoms with E-state index in [4.69, 9.17) is 14.2 Å². The topological polar surface area (TPSA) is 60.8 Å². The average Bonchev–Trinajstić information content (AvgIpc) is 3.38. The summed E-state index contributed by atoms with van der Waals surface area (Å²) in [5.74, 6) is 1.74. The first kappa shape index (κ1) is 21.8. The molecule has 1 aromatic heterocycles. The third-order valence-corrected chi connectivity index (χ3v) is 7.65. The van der Waals surface area contributed by atoms with Crippen molar-refractivity contribution in [3.63, 3.8) is 0 Å². The number of hydrogen-bond acceptors (Lipinski definition) is 6. The number of methoxy groups -OCH3 is 1. The Balaban J connectivity index is 1.40. The monoisotopic (exact) mass is 431 g/mol. The second-order valence-corrected chi connectivity index (χ2v) is 9.45. The smallest absolute Gasteiger partial charge is 0.122 e. The van der Waals surface area contributed by atoms with Crippen LogP contribution in [0.2, 0.25) is 0 Å². The summed E-state index contributed by atoms with van der Waals surface area (Å²) in [4.78, 5) is 4.52. The van der Waals surface area contributed by atoms with Crippen molar-refractivity contribution in [3.05, 3.63) is 45.4 Å². The van der Waals surface area contributed by atoms with Gasteiger partial charge in [0.1, 0.15) is 16.9 Å². The normalized spacial score (nSPS) is 28.5. The molecule has 6 heteroatoms. The lowest BCUT2D eigenvalue weighted by molar-refractivity contribution is -0.0812. The van der Waals surface area contributed by atoms with Crippen LogP contribution in [-0.4, -0.2) is 36.0 Å². The van der Waals surface area contributed by atoms with Gasteiger partial charge in [0.25, 0.3) is 0 Å². The highest BCUT2D eigenvalue weighted by Gasteiger charge is 2.48. The van der Waals surface area contributed by atoms with Gasteiger partial charge in [0.2, 0.25) is 0 Å². The maximum Gasteiger partial charge on any atom is 0.122 e. The second kappa shape index (κ2) is 9.77. The van der Waals surface area contributed by atoms with Crippen molar-refractivity contribution >= 4 is 11.3 Å². The predicted molar refractivity (Wildman–Crippen MR) is 118 cm³/mol. The fourth-order valence-electron chi connectivity index (χ4n) is 5.00. The first-order valence-electron chi connectivity index (χ1n) is 11.1. The molecule has 2 fully saturated rings. The lowest BCUT2D eigenvalue weighted by atomic mass is 9.87. The Morgan fingerprint density at radius 3 is 2.90 bits per heavy atom. The summed E-state index contributed by atoms with van der Waals surface area (Å²) in [5.41, 5.74) is 3.43. The highest BCUT2D eigenvalue weighted by atomic mass is 32.1. The molecule has 2 heterocycles. The van der Waals surface area contributed by atoms with Crippen molar-refractivity contribution in [1.82, 2.24) is 4.98 Å². The maximum atomic E-state index is 9.29. The molecule has 2 aliphatic rings. The molecular formula is C24H33NO4S. The van der Waals surface area contributed by atoms with Crippen LogP contribution < -0.4 is 4.74 Å². The molecule has 1 aromatic carbocycles. The van der Waals surface area contributed by atoms with Gasteiger partial charge in [0.15, 0.2) is 0 Å². The zero-order valence-corrected chi connectivity index (χ0v) is 19.0. The summed E-state index contributed by atoms with van der Waals surface area (Å²) in [6.45, 7) is 5.02. The number of ether oxygens (including phenoxy) is 3. The Morgan fingerprint density at radius 2 is 2.17 bits per heavy atom. The fraction of sp³-hybridized carbons (Fsp3) is 0.625. The molecule has 5 atom stereocenters. The van der Waals surface area contributed by atoms with Gasteiger partial charge in [0, 0.05) is 24.8 Å². The number of rotatable bonds is 8. The van der Waals surface area contributed by atoms with E-state index in [1.807, 2.05) is 5.38 Å². The SMILES string of the molecule is CCCc1cc(OC[C@@H]2[C@H]3CC[C@H](c4nc(CO)cs4)O[C@H]3C[C@@H]2OC)ccc1C. The molecule has 0 bridgehead atoms. The molecule has 1 aliphatic heterocycles. The minimum Gasteiger partial charge on any atom is -0.493 e. The Kier molecular flexibility index (Phi) is 7.08. The van der Waals surface area contributed by atoms with Gasteiger partial charge >= 0.3 is 0 Å². The zero-order valence-electron chi connectivity index (χ0n) is 18.2. The van der Waals surface area contributed by atoms with Crippen molar-refractivity contribution < 1.29 is 19.3 Å². The molecular weight excluding hydrogens is 398 g/mol. The molecule has 0 amide bonds. The Labute approximate surface area is 183 Å². The fourth-order valence-corrected chi connectivity index (χ4v) is 5.88. The predicted octanol–water partition coefficient (Wildman–Crippen LogP) is 4.85. The Hall–Kier alpha value is -1.47. The van der Waals surface area contributed by atoms with Gasteiger partial charge in [-0.25, -0.2) is 4.98 Å². The maximum absolute atomic E-state index is 9.29. The molecule has 1 N–H and O–H groups in total. The van der Waals surface area contributed by atoms with Gasteiger partial charge in [-0.1, -0.05) is 19.4 Å². The number of nitrogens with zero attached hydrogens (tertiary/aromatic N) is 1. The van der Waals surface area contributed by atoms with Crippen LogP contribution in [0.5, 0.6) is 5.75 Å². The molecule has 0 spiro atoms. The van der Waals surface area contributed by atoms with Gasteiger partial charge in [-0.2, -0.15) is 0 Å². The van der Waals surface area contributed by atoms with Crippen molar-refractivity contribution in [2.75, 3.05) is 13.7 Å². The molecule has 1 saturated carbocycles. The molecule has 1 saturated heterocycles. The molecule has 2 aromatic rings. The lowest BCUT2D eigenvalue weighted by Crippen LogP contribution is -2.33. The van der Waals surface area contributed by atoms with Crippen LogP contribution >= 0.6 is 11.3 Å². The first-order valence-corrected chi connectivity index (χ1v) is 12.0. The van der Waals surface area contributed by atoms with Crippen molar-refractivity contribution in [3.8, 4) is 5.75 Å². The second-order valence-electron chi connectivity index (χ2n) is 8.56. The number of aliphatic hydroxyl groups is 1. The summed E-state index contributed by atoms with van der Waals surface area (Å²) in [6.07, 6.45) is 5.54. The van der Waals surface area contributed by atoms with E-state index in [0.29, 0.717) is 18.4 Å². The van der Waals surface area contributed by atoms with E-state index in [9.17, 15) is 5.11 Å². The van der Waals surface area contributed by atoms with Crippen LogP contribution in [-0.2, 0) is 22.5 Å². The van der Waals surface area contributed by atoms with E-state index >= 15 is 0 Å². The molecule has 164 valence electrons. The number of aryl methyl sites for hydroxylation is 2. The van der Waals surface area contributed by atoms with E-state index in [1.165, 1.54) is 11.1 Å². The van der Waals surface area contributed by atoms with Crippen LogP contribution in [0.4, 0.5) is 0 Å². The van der Waals surface area contributed by atoms with Gasteiger partial charge in [-0.15, -0.1) is 11.3 Å². The summed E-state index contributed by atoms with van der Waals surface area (Å²) in [5, 5.41) is 12.2. The van der Waals surface area contributed by atoms with Gasteiger partial charge < -0.3 is 19.3 Å². The largest absolute Gasteiger partial charge is 0.493 e. The number of hydrogen-bond donors (Lipinski definition) is 1. The van der Waals surface area contributed by atoms with Crippen LogP contribution in [0.15, 0.2) is 23.6 Å². The number of fused-ring (bicyclic) bond motifs is 1. The summed E-state index contributed by atoms with van der Waals surface area (Å²) in [7, 11) is 1.80. The third-order valence-electron chi connectivity index (χ3n) is 6.66. The molecule has 1 aliphatic carbocycles. The first-order chi connectivity index (χ1) is 14.6. The quantitative estimate of drug-likeness (QED) is 0.648. The Morgan fingerprint density at radius 1 is 1.30 bits per heavy atom. The van der Waals surface area contributed by atoms with Crippen LogP contribution in [0.3, 0.4) is 0 Å². The van der Waals surface area contributed by atoms with Gasteiger partial charge in [-0.05, 0) is 55.4 Å². The molecule has 4 rings (SSSR count). The Bertz CT molecular complexity index is 838. The average molecular weight is 432 g/mol. The van der Waals surface area contributed by atoms with Gasteiger partial charge in [0.05, 0.1) is 31.1 Å². The van der Waals surface area contributed by atoms with E-state index in [2.05, 4.69) is 37.0 Å². The van der Waals surface area contributed by atoms with E-state index in [1.54, 1.807) is 18.4 Å². The molecule has 0 unspecified atom stereocenters. The van der Waals surface area contributed by atoms with Crippen molar-refractivity contribution in [2.45, 2.75) is 70.9 Å². The molecule has 0 radical (unpaired) electrons. The highest BCUT2D eigenvalue weighted by Crippen LogP contribution is 2.47. The number of thiazole rings is 1. The van der Waals surface area contributed by atoms with E-state index < -0.39 is 0 Å².